The molecule has 154 valence electrons. The Morgan fingerprint density at radius 3 is 2.57 bits per heavy atom. The lowest BCUT2D eigenvalue weighted by Gasteiger charge is -2.33. The first-order chi connectivity index (χ1) is 14.6. The summed E-state index contributed by atoms with van der Waals surface area (Å²) in [5, 5.41) is 6.01. The molecule has 2 amide bonds. The van der Waals surface area contributed by atoms with Crippen LogP contribution in [-0.4, -0.2) is 27.3 Å². The van der Waals surface area contributed by atoms with Crippen LogP contribution < -0.4 is 10.6 Å². The van der Waals surface area contributed by atoms with Crippen LogP contribution in [0, 0.1) is 17.8 Å². The molecule has 6 nitrogen and oxygen atoms in total. The third kappa shape index (κ3) is 5.44. The maximum atomic E-state index is 12.6. The second-order valence-electron chi connectivity index (χ2n) is 8.13. The van der Waals surface area contributed by atoms with E-state index in [0.717, 1.165) is 56.2 Å². The van der Waals surface area contributed by atoms with Crippen LogP contribution in [0.2, 0.25) is 0 Å². The van der Waals surface area contributed by atoms with Crippen LogP contribution in [0.25, 0.3) is 0 Å². The Hall–Kier alpha value is -3.20. The van der Waals surface area contributed by atoms with Gasteiger partial charge in [0.15, 0.2) is 0 Å². The van der Waals surface area contributed by atoms with E-state index in [1.165, 1.54) is 0 Å². The summed E-state index contributed by atoms with van der Waals surface area (Å²) in [6.45, 7) is 0. The maximum Gasteiger partial charge on any atom is 0.228 e. The minimum Gasteiger partial charge on any atom is -0.339 e. The topological polar surface area (TPSA) is 84.0 Å². The number of nitrogens with zero attached hydrogens (tertiary/aromatic N) is 2. The van der Waals surface area contributed by atoms with E-state index in [9.17, 15) is 9.59 Å². The van der Waals surface area contributed by atoms with E-state index in [-0.39, 0.29) is 24.2 Å². The van der Waals surface area contributed by atoms with Crippen molar-refractivity contribution < 1.29 is 9.59 Å². The number of pyridine rings is 2. The summed E-state index contributed by atoms with van der Waals surface area (Å²) in [6.07, 6.45) is 10.5. The van der Waals surface area contributed by atoms with Gasteiger partial charge in [0.2, 0.25) is 11.8 Å². The zero-order valence-corrected chi connectivity index (χ0v) is 17.0. The van der Waals surface area contributed by atoms with Crippen LogP contribution in [0.4, 0.5) is 5.82 Å². The zero-order chi connectivity index (χ0) is 20.8. The molecule has 2 aliphatic carbocycles. The van der Waals surface area contributed by atoms with Crippen LogP contribution in [0.15, 0.2) is 42.7 Å². The van der Waals surface area contributed by atoms with E-state index in [1.54, 1.807) is 18.5 Å². The number of carbonyl (C=O) groups is 2. The quantitative estimate of drug-likeness (QED) is 0.752. The lowest BCUT2D eigenvalue weighted by atomic mass is 9.81. The van der Waals surface area contributed by atoms with Crippen molar-refractivity contribution in [2.24, 2.45) is 5.92 Å². The number of amides is 2. The largest absolute Gasteiger partial charge is 0.339 e. The van der Waals surface area contributed by atoms with Crippen molar-refractivity contribution in [2.75, 3.05) is 5.32 Å². The summed E-state index contributed by atoms with van der Waals surface area (Å²) < 4.78 is 0. The van der Waals surface area contributed by atoms with Gasteiger partial charge >= 0.3 is 0 Å². The Kier molecular flexibility index (Phi) is 6.08. The lowest BCUT2D eigenvalue weighted by molar-refractivity contribution is -0.122. The predicted molar refractivity (Wildman–Crippen MR) is 114 cm³/mol. The van der Waals surface area contributed by atoms with Crippen molar-refractivity contribution in [3.8, 4) is 11.8 Å². The molecule has 2 fully saturated rings. The van der Waals surface area contributed by atoms with E-state index in [1.807, 2.05) is 24.3 Å². The highest BCUT2D eigenvalue weighted by Crippen LogP contribution is 2.30. The van der Waals surface area contributed by atoms with Crippen LogP contribution in [0.5, 0.6) is 0 Å². The van der Waals surface area contributed by atoms with E-state index >= 15 is 0 Å². The average molecular weight is 402 g/mol. The van der Waals surface area contributed by atoms with Crippen LogP contribution in [0.3, 0.4) is 0 Å². The molecule has 2 N–H and O–H groups in total. The molecular weight excluding hydrogens is 376 g/mol. The van der Waals surface area contributed by atoms with Gasteiger partial charge < -0.3 is 10.6 Å². The van der Waals surface area contributed by atoms with Gasteiger partial charge in [0.05, 0.1) is 6.42 Å². The van der Waals surface area contributed by atoms with E-state index in [0.29, 0.717) is 5.82 Å². The Bertz CT molecular complexity index is 950. The Morgan fingerprint density at radius 1 is 1.07 bits per heavy atom. The summed E-state index contributed by atoms with van der Waals surface area (Å²) in [5.41, 5.74) is 1.01. The molecule has 0 spiro atoms. The molecule has 0 saturated heterocycles. The highest BCUT2D eigenvalue weighted by atomic mass is 16.2. The fraction of sp³-hybridized carbons (Fsp3) is 0.417. The summed E-state index contributed by atoms with van der Waals surface area (Å²) in [4.78, 5) is 33.0. The first kappa shape index (κ1) is 20.1. The number of hydrogen-bond acceptors (Lipinski definition) is 4. The van der Waals surface area contributed by atoms with Crippen molar-refractivity contribution in [2.45, 2.75) is 56.9 Å². The fourth-order valence-electron chi connectivity index (χ4n) is 3.72. The molecule has 4 rings (SSSR count). The molecule has 2 heterocycles. The zero-order valence-electron chi connectivity index (χ0n) is 17.0. The average Bonchev–Trinajstić information content (AvgIpc) is 3.60. The van der Waals surface area contributed by atoms with Crippen molar-refractivity contribution in [3.63, 3.8) is 0 Å². The summed E-state index contributed by atoms with van der Waals surface area (Å²) in [5.74, 6) is 7.19. The number of anilines is 1. The highest BCUT2D eigenvalue weighted by molar-refractivity contribution is 5.93. The minimum atomic E-state index is -0.511. The smallest absolute Gasteiger partial charge is 0.228 e. The molecule has 2 saturated carbocycles. The van der Waals surface area contributed by atoms with Gasteiger partial charge in [0.1, 0.15) is 11.4 Å². The van der Waals surface area contributed by atoms with Crippen LogP contribution in [0.1, 0.15) is 56.2 Å². The lowest BCUT2D eigenvalue weighted by Crippen LogP contribution is -2.49. The van der Waals surface area contributed by atoms with Crippen molar-refractivity contribution >= 4 is 17.6 Å². The third-order valence-corrected chi connectivity index (χ3v) is 5.56. The Labute approximate surface area is 176 Å². The van der Waals surface area contributed by atoms with Crippen molar-refractivity contribution in [1.29, 1.82) is 0 Å². The van der Waals surface area contributed by atoms with Crippen LogP contribution in [-0.2, 0) is 16.0 Å². The highest BCUT2D eigenvalue weighted by Gasteiger charge is 2.32. The van der Waals surface area contributed by atoms with Gasteiger partial charge in [-0.15, -0.1) is 0 Å². The number of hydrogen-bond donors (Lipinski definition) is 2. The van der Waals surface area contributed by atoms with Gasteiger partial charge in [-0.1, -0.05) is 37.2 Å². The molecule has 2 aromatic heterocycles. The number of rotatable bonds is 5. The van der Waals surface area contributed by atoms with Gasteiger partial charge in [0.25, 0.3) is 0 Å². The summed E-state index contributed by atoms with van der Waals surface area (Å²) >= 11 is 0. The van der Waals surface area contributed by atoms with Gasteiger partial charge in [-0.2, -0.15) is 0 Å². The molecule has 0 atom stereocenters. The summed E-state index contributed by atoms with van der Waals surface area (Å²) in [6, 6.07) is 9.21. The second kappa shape index (κ2) is 9.08. The molecule has 6 heteroatoms. The fourth-order valence-corrected chi connectivity index (χ4v) is 3.72. The van der Waals surface area contributed by atoms with E-state index in [4.69, 9.17) is 0 Å². The van der Waals surface area contributed by atoms with E-state index in [2.05, 4.69) is 32.4 Å². The molecule has 0 bridgehead atoms. The molecule has 2 aromatic rings. The Balaban J connectivity index is 1.43. The molecule has 0 aromatic carbocycles. The molecule has 30 heavy (non-hydrogen) atoms. The van der Waals surface area contributed by atoms with Crippen molar-refractivity contribution in [3.05, 3.63) is 54.0 Å². The Morgan fingerprint density at radius 2 is 1.90 bits per heavy atom. The SMILES string of the molecule is O=C(Cc1ccccn1)NC1(C#Cc2ccc(NC(=O)C3CC3)nc2)CCCCC1. The number of carbonyl (C=O) groups excluding carboxylic acids is 2. The minimum absolute atomic E-state index is 0.0399. The van der Waals surface area contributed by atoms with Crippen LogP contribution >= 0.6 is 0 Å². The monoisotopic (exact) mass is 402 g/mol. The molecule has 0 unspecified atom stereocenters. The number of nitrogens with one attached hydrogen (secondary N) is 2. The van der Waals surface area contributed by atoms with Gasteiger partial charge in [-0.3, -0.25) is 14.6 Å². The van der Waals surface area contributed by atoms with Gasteiger partial charge in [-0.05, 0) is 49.9 Å². The van der Waals surface area contributed by atoms with Gasteiger partial charge in [-0.25, -0.2) is 4.98 Å². The molecule has 2 aliphatic rings. The first-order valence-corrected chi connectivity index (χ1v) is 10.6. The molecule has 0 radical (unpaired) electrons. The van der Waals surface area contributed by atoms with Gasteiger partial charge in [0, 0.05) is 29.6 Å². The van der Waals surface area contributed by atoms with E-state index < -0.39 is 5.54 Å². The molecular formula is C24H26N4O2. The summed E-state index contributed by atoms with van der Waals surface area (Å²) in [7, 11) is 0. The number of aromatic nitrogens is 2. The maximum absolute atomic E-state index is 12.6. The molecule has 0 aliphatic heterocycles. The third-order valence-electron chi connectivity index (χ3n) is 5.56. The second-order valence-corrected chi connectivity index (χ2v) is 8.13. The predicted octanol–water partition coefficient (Wildman–Crippen LogP) is 3.24. The van der Waals surface area contributed by atoms with Crippen molar-refractivity contribution in [1.82, 2.24) is 15.3 Å². The standard InChI is InChI=1S/C24H26N4O2/c29-22(16-20-6-2-5-15-25-20)28-24(12-3-1-4-13-24)14-11-18-7-10-21(26-17-18)27-23(30)19-8-9-19/h2,5-7,10,15,17,19H,1,3-4,8-9,12-13,16H2,(H,28,29)(H,26,27,30). The normalized spacial score (nSPS) is 17.3. The first-order valence-electron chi connectivity index (χ1n) is 10.6.